The fourth-order valence-electron chi connectivity index (χ4n) is 1.45. The second-order valence-electron chi connectivity index (χ2n) is 3.65. The minimum atomic E-state index is -0.381. The first kappa shape index (κ1) is 14.3. The number of hydrogen-bond donors (Lipinski definition) is 1. The molecule has 0 spiro atoms. The molecule has 0 amide bonds. The number of rotatable bonds is 3. The molecule has 1 aromatic carbocycles. The molecule has 0 fully saturated rings. The second kappa shape index (κ2) is 5.90. The third-order valence-electron chi connectivity index (χ3n) is 2.36. The molecule has 0 aliphatic carbocycles. The predicted molar refractivity (Wildman–Crippen MR) is 80.6 cm³/mol. The molecule has 0 saturated heterocycles. The van der Waals surface area contributed by atoms with E-state index in [0.717, 1.165) is 10.2 Å². The topological polar surface area (TPSA) is 51.2 Å². The van der Waals surface area contributed by atoms with Gasteiger partial charge in [-0.15, -0.1) is 0 Å². The number of anilines is 2. The molecule has 0 radical (unpaired) electrons. The largest absolute Gasteiger partial charge is 0.465 e. The highest BCUT2D eigenvalue weighted by atomic mass is 79.9. The Morgan fingerprint density at radius 2 is 2.26 bits per heavy atom. The number of esters is 1. The van der Waals surface area contributed by atoms with E-state index in [1.165, 1.54) is 18.4 Å². The summed E-state index contributed by atoms with van der Waals surface area (Å²) in [6.45, 7) is 1.76. The first-order chi connectivity index (χ1) is 9.02. The lowest BCUT2D eigenvalue weighted by molar-refractivity contribution is 0.0605. The van der Waals surface area contributed by atoms with Gasteiger partial charge in [0.15, 0.2) is 5.13 Å². The monoisotopic (exact) mass is 360 g/mol. The van der Waals surface area contributed by atoms with Crippen LogP contribution in [-0.4, -0.2) is 18.1 Å². The molecule has 2 rings (SSSR count). The fraction of sp³-hybridized carbons (Fsp3) is 0.167. The van der Waals surface area contributed by atoms with E-state index in [0.29, 0.717) is 20.7 Å². The van der Waals surface area contributed by atoms with Crippen LogP contribution in [0.5, 0.6) is 0 Å². The van der Waals surface area contributed by atoms with Gasteiger partial charge in [0.2, 0.25) is 0 Å². The first-order valence-electron chi connectivity index (χ1n) is 5.29. The summed E-state index contributed by atoms with van der Waals surface area (Å²) in [5.74, 6) is -0.381. The number of methoxy groups -OCH3 is 1. The molecule has 0 unspecified atom stereocenters. The van der Waals surface area contributed by atoms with Gasteiger partial charge in [0, 0.05) is 0 Å². The van der Waals surface area contributed by atoms with Crippen molar-refractivity contribution < 1.29 is 9.53 Å². The van der Waals surface area contributed by atoms with Gasteiger partial charge in [-0.3, -0.25) is 0 Å². The number of nitrogens with one attached hydrogen (secondary N) is 1. The molecular weight excluding hydrogens is 352 g/mol. The van der Waals surface area contributed by atoms with Gasteiger partial charge in [-0.2, -0.15) is 0 Å². The normalized spacial score (nSPS) is 10.3. The average molecular weight is 362 g/mol. The van der Waals surface area contributed by atoms with Crippen molar-refractivity contribution in [3.8, 4) is 0 Å². The predicted octanol–water partition coefficient (Wildman–Crippen LogP) is 4.40. The zero-order chi connectivity index (χ0) is 14.0. The summed E-state index contributed by atoms with van der Waals surface area (Å²) in [6.07, 6.45) is 0. The zero-order valence-corrected chi connectivity index (χ0v) is 13.3. The summed E-state index contributed by atoms with van der Waals surface area (Å²) in [7, 11) is 1.35. The minimum Gasteiger partial charge on any atom is -0.465 e. The fourth-order valence-corrected chi connectivity index (χ4v) is 2.88. The summed E-state index contributed by atoms with van der Waals surface area (Å²) in [5.41, 5.74) is 1.43. The third-order valence-corrected chi connectivity index (χ3v) is 4.81. The van der Waals surface area contributed by atoms with Gasteiger partial charge in [-0.25, -0.2) is 9.78 Å². The minimum absolute atomic E-state index is 0.381. The van der Waals surface area contributed by atoms with Crippen LogP contribution in [0.2, 0.25) is 5.02 Å². The van der Waals surface area contributed by atoms with Crippen LogP contribution in [-0.2, 0) is 4.74 Å². The number of halogens is 2. The van der Waals surface area contributed by atoms with E-state index >= 15 is 0 Å². The molecule has 1 N–H and O–H groups in total. The number of aryl methyl sites for hydroxylation is 1. The molecule has 4 nitrogen and oxygen atoms in total. The highest BCUT2D eigenvalue weighted by Gasteiger charge is 2.16. The molecule has 19 heavy (non-hydrogen) atoms. The summed E-state index contributed by atoms with van der Waals surface area (Å²) >= 11 is 10.6. The van der Waals surface area contributed by atoms with Crippen molar-refractivity contribution in [1.82, 2.24) is 4.98 Å². The lowest BCUT2D eigenvalue weighted by Gasteiger charge is -2.06. The van der Waals surface area contributed by atoms with Crippen molar-refractivity contribution in [2.45, 2.75) is 6.92 Å². The molecule has 0 aliphatic heterocycles. The highest BCUT2D eigenvalue weighted by molar-refractivity contribution is 9.10. The number of aromatic nitrogens is 1. The molecule has 0 bridgehead atoms. The summed E-state index contributed by atoms with van der Waals surface area (Å²) in [5, 5.41) is 4.34. The van der Waals surface area contributed by atoms with E-state index in [2.05, 4.69) is 26.2 Å². The number of thiazole rings is 1. The van der Waals surface area contributed by atoms with Crippen LogP contribution in [0.25, 0.3) is 0 Å². The summed E-state index contributed by atoms with van der Waals surface area (Å²) in [4.78, 5) is 16.3. The first-order valence-corrected chi connectivity index (χ1v) is 7.28. The Balaban J connectivity index is 2.29. The molecule has 0 saturated carbocycles. The molecule has 1 aromatic heterocycles. The van der Waals surface area contributed by atoms with Gasteiger partial charge in [-0.1, -0.05) is 29.0 Å². The van der Waals surface area contributed by atoms with Crippen LogP contribution < -0.4 is 5.32 Å². The number of nitrogens with zero attached hydrogens (tertiary/aromatic N) is 1. The Morgan fingerprint density at radius 3 is 2.95 bits per heavy atom. The molecular formula is C12H10BrClN2O2S. The van der Waals surface area contributed by atoms with E-state index in [9.17, 15) is 4.79 Å². The maximum absolute atomic E-state index is 11.5. The number of carbonyl (C=O) groups is 1. The van der Waals surface area contributed by atoms with Crippen LogP contribution in [0.1, 0.15) is 15.4 Å². The quantitative estimate of drug-likeness (QED) is 0.823. The smallest absolute Gasteiger partial charge is 0.350 e. The maximum Gasteiger partial charge on any atom is 0.350 e. The number of ether oxygens (including phenoxy) is 1. The molecule has 0 atom stereocenters. The molecule has 0 aliphatic rings. The lowest BCUT2D eigenvalue weighted by Crippen LogP contribution is -1.99. The molecule has 2 aromatic rings. The lowest BCUT2D eigenvalue weighted by atomic mass is 10.3. The Labute approximate surface area is 127 Å². The second-order valence-corrected chi connectivity index (χ2v) is 5.85. The zero-order valence-electron chi connectivity index (χ0n) is 10.2. The van der Waals surface area contributed by atoms with Crippen molar-refractivity contribution in [2.75, 3.05) is 12.4 Å². The molecule has 1 heterocycles. The molecule has 100 valence electrons. The standard InChI is InChI=1S/C12H10BrClN2O2S/c1-6-10(11(17)18-2)19-12(15-6)16-8-5-3-4-7(14)9(8)13/h3-5H,1-2H3,(H,15,16). The number of carbonyl (C=O) groups excluding carboxylic acids is 1. The Bertz CT molecular complexity index is 630. The van der Waals surface area contributed by atoms with Crippen LogP contribution in [0, 0.1) is 6.92 Å². The SMILES string of the molecule is COC(=O)c1sc(Nc2cccc(Cl)c2Br)nc1C. The van der Waals surface area contributed by atoms with E-state index in [4.69, 9.17) is 16.3 Å². The van der Waals surface area contributed by atoms with Crippen molar-refractivity contribution in [1.29, 1.82) is 0 Å². The van der Waals surface area contributed by atoms with E-state index in [-0.39, 0.29) is 5.97 Å². The Morgan fingerprint density at radius 1 is 1.53 bits per heavy atom. The summed E-state index contributed by atoms with van der Waals surface area (Å²) in [6, 6.07) is 5.48. The van der Waals surface area contributed by atoms with Crippen LogP contribution in [0.4, 0.5) is 10.8 Å². The van der Waals surface area contributed by atoms with Gasteiger partial charge in [0.05, 0.1) is 28.0 Å². The van der Waals surface area contributed by atoms with Gasteiger partial charge in [0.25, 0.3) is 0 Å². The van der Waals surface area contributed by atoms with Crippen LogP contribution in [0.15, 0.2) is 22.7 Å². The van der Waals surface area contributed by atoms with Crippen molar-refractivity contribution in [3.63, 3.8) is 0 Å². The van der Waals surface area contributed by atoms with Crippen molar-refractivity contribution in [2.24, 2.45) is 0 Å². The van der Waals surface area contributed by atoms with Crippen molar-refractivity contribution in [3.05, 3.63) is 38.3 Å². The van der Waals surface area contributed by atoms with Gasteiger partial charge >= 0.3 is 5.97 Å². The Kier molecular flexibility index (Phi) is 4.44. The highest BCUT2D eigenvalue weighted by Crippen LogP contribution is 2.34. The van der Waals surface area contributed by atoms with Crippen LogP contribution in [0.3, 0.4) is 0 Å². The van der Waals surface area contributed by atoms with E-state index in [1.54, 1.807) is 13.0 Å². The van der Waals surface area contributed by atoms with E-state index in [1.807, 2.05) is 12.1 Å². The third kappa shape index (κ3) is 3.08. The molecule has 7 heteroatoms. The van der Waals surface area contributed by atoms with Gasteiger partial charge in [-0.05, 0) is 35.0 Å². The van der Waals surface area contributed by atoms with Crippen molar-refractivity contribution >= 4 is 55.7 Å². The number of benzene rings is 1. The average Bonchev–Trinajstić information content (AvgIpc) is 2.75. The van der Waals surface area contributed by atoms with Gasteiger partial charge in [0.1, 0.15) is 4.88 Å². The summed E-state index contributed by atoms with van der Waals surface area (Å²) < 4.78 is 5.45. The van der Waals surface area contributed by atoms with Crippen LogP contribution >= 0.6 is 38.9 Å². The number of hydrogen-bond acceptors (Lipinski definition) is 5. The maximum atomic E-state index is 11.5. The Hall–Kier alpha value is -1.11. The van der Waals surface area contributed by atoms with E-state index < -0.39 is 0 Å². The van der Waals surface area contributed by atoms with Gasteiger partial charge < -0.3 is 10.1 Å².